The number of hydrogen-bond acceptors (Lipinski definition) is 4. The molecule has 0 N–H and O–H groups in total. The van der Waals surface area contributed by atoms with E-state index in [2.05, 4.69) is 0 Å². The quantitative estimate of drug-likeness (QED) is 0.694. The zero-order chi connectivity index (χ0) is 12.7. The first-order chi connectivity index (χ1) is 8.19. The minimum Gasteiger partial charge on any atom is -0.466 e. The van der Waals surface area contributed by atoms with Crippen LogP contribution in [0.15, 0.2) is 0 Å². The Bertz CT molecular complexity index is 262. The maximum atomic E-state index is 11.8. The van der Waals surface area contributed by atoms with Crippen LogP contribution in [0.4, 0.5) is 0 Å². The lowest BCUT2D eigenvalue weighted by Crippen LogP contribution is -2.30. The minimum absolute atomic E-state index is 0.0989. The predicted octanol–water partition coefficient (Wildman–Crippen LogP) is 2.31. The third-order valence-electron chi connectivity index (χ3n) is 3.23. The van der Waals surface area contributed by atoms with Crippen LogP contribution in [0, 0.1) is 11.8 Å². The molecule has 98 valence electrons. The van der Waals surface area contributed by atoms with Crippen molar-refractivity contribution < 1.29 is 19.1 Å². The minimum atomic E-state index is -0.200. The molecule has 0 aliphatic heterocycles. The number of ether oxygens (including phenoxy) is 2. The second-order valence-electron chi connectivity index (χ2n) is 4.41. The van der Waals surface area contributed by atoms with E-state index in [0.29, 0.717) is 19.6 Å². The first kappa shape index (κ1) is 14.0. The molecule has 1 aliphatic carbocycles. The van der Waals surface area contributed by atoms with Crippen LogP contribution in [0.3, 0.4) is 0 Å². The Hall–Kier alpha value is -1.06. The molecule has 0 aromatic rings. The molecule has 1 rings (SSSR count). The van der Waals surface area contributed by atoms with Gasteiger partial charge in [0.15, 0.2) is 0 Å². The van der Waals surface area contributed by atoms with E-state index in [1.165, 1.54) is 0 Å². The summed E-state index contributed by atoms with van der Waals surface area (Å²) in [5, 5.41) is 0. The molecule has 1 aliphatic rings. The maximum Gasteiger partial charge on any atom is 0.309 e. The Kier molecular flexibility index (Phi) is 6.01. The van der Waals surface area contributed by atoms with Gasteiger partial charge in [-0.05, 0) is 32.6 Å². The lowest BCUT2D eigenvalue weighted by Gasteiger charge is -2.29. The largest absolute Gasteiger partial charge is 0.466 e. The standard InChI is InChI=1S/C13H22O4/c1-3-16-12(14)9-10-7-5-6-8-11(10)13(15)17-4-2/h10-11H,3-9H2,1-2H3. The second-order valence-corrected chi connectivity index (χ2v) is 4.41. The second kappa shape index (κ2) is 7.30. The van der Waals surface area contributed by atoms with Crippen LogP contribution in [0.2, 0.25) is 0 Å². The highest BCUT2D eigenvalue weighted by atomic mass is 16.5. The Morgan fingerprint density at radius 2 is 1.71 bits per heavy atom. The van der Waals surface area contributed by atoms with Gasteiger partial charge < -0.3 is 9.47 Å². The number of esters is 2. The average Bonchev–Trinajstić information content (AvgIpc) is 2.30. The lowest BCUT2D eigenvalue weighted by atomic mass is 9.77. The molecule has 17 heavy (non-hydrogen) atoms. The molecule has 0 heterocycles. The van der Waals surface area contributed by atoms with Gasteiger partial charge in [-0.2, -0.15) is 0 Å². The molecule has 1 fully saturated rings. The Morgan fingerprint density at radius 3 is 2.35 bits per heavy atom. The highest BCUT2D eigenvalue weighted by Gasteiger charge is 2.33. The van der Waals surface area contributed by atoms with Gasteiger partial charge in [0, 0.05) is 6.42 Å². The molecule has 0 spiro atoms. The van der Waals surface area contributed by atoms with Crippen LogP contribution in [-0.4, -0.2) is 25.2 Å². The third kappa shape index (κ3) is 4.36. The fraction of sp³-hybridized carbons (Fsp3) is 0.846. The molecule has 0 saturated heterocycles. The van der Waals surface area contributed by atoms with Crippen LogP contribution in [0.1, 0.15) is 46.0 Å². The molecule has 2 unspecified atom stereocenters. The number of carbonyl (C=O) groups excluding carboxylic acids is 2. The van der Waals surface area contributed by atoms with Crippen molar-refractivity contribution in [3.05, 3.63) is 0 Å². The van der Waals surface area contributed by atoms with Gasteiger partial charge >= 0.3 is 11.9 Å². The fourth-order valence-electron chi connectivity index (χ4n) is 2.45. The molecule has 0 bridgehead atoms. The van der Waals surface area contributed by atoms with E-state index in [4.69, 9.17) is 9.47 Å². The van der Waals surface area contributed by atoms with E-state index in [9.17, 15) is 9.59 Å². The van der Waals surface area contributed by atoms with Gasteiger partial charge in [-0.25, -0.2) is 0 Å². The number of hydrogen-bond donors (Lipinski definition) is 0. The van der Waals surface area contributed by atoms with Crippen molar-refractivity contribution in [3.63, 3.8) is 0 Å². The average molecular weight is 242 g/mol. The molecule has 1 saturated carbocycles. The van der Waals surface area contributed by atoms with E-state index in [0.717, 1.165) is 25.7 Å². The van der Waals surface area contributed by atoms with E-state index in [1.54, 1.807) is 13.8 Å². The summed E-state index contributed by atoms with van der Waals surface area (Å²) < 4.78 is 10.0. The zero-order valence-corrected chi connectivity index (χ0v) is 10.7. The molecular weight excluding hydrogens is 220 g/mol. The Balaban J connectivity index is 2.53. The predicted molar refractivity (Wildman–Crippen MR) is 63.3 cm³/mol. The van der Waals surface area contributed by atoms with E-state index in [-0.39, 0.29) is 23.8 Å². The molecule has 4 nitrogen and oxygen atoms in total. The van der Waals surface area contributed by atoms with E-state index >= 15 is 0 Å². The summed E-state index contributed by atoms with van der Waals surface area (Å²) in [4.78, 5) is 23.2. The van der Waals surface area contributed by atoms with Crippen molar-refractivity contribution in [3.8, 4) is 0 Å². The molecule has 2 atom stereocenters. The van der Waals surface area contributed by atoms with Gasteiger partial charge in [0.1, 0.15) is 0 Å². The fourth-order valence-corrected chi connectivity index (χ4v) is 2.45. The van der Waals surface area contributed by atoms with Crippen molar-refractivity contribution in [1.82, 2.24) is 0 Å². The lowest BCUT2D eigenvalue weighted by molar-refractivity contribution is -0.153. The topological polar surface area (TPSA) is 52.6 Å². The van der Waals surface area contributed by atoms with Gasteiger partial charge in [-0.1, -0.05) is 12.8 Å². The van der Waals surface area contributed by atoms with Gasteiger partial charge in [0.25, 0.3) is 0 Å². The van der Waals surface area contributed by atoms with Crippen LogP contribution < -0.4 is 0 Å². The highest BCUT2D eigenvalue weighted by molar-refractivity contribution is 5.75. The van der Waals surface area contributed by atoms with Crippen molar-refractivity contribution in [2.45, 2.75) is 46.0 Å². The Labute approximate surface area is 103 Å². The molecular formula is C13H22O4. The summed E-state index contributed by atoms with van der Waals surface area (Å²) in [6.07, 6.45) is 4.23. The van der Waals surface area contributed by atoms with Crippen molar-refractivity contribution >= 4 is 11.9 Å². The van der Waals surface area contributed by atoms with Crippen LogP contribution in [0.5, 0.6) is 0 Å². The van der Waals surface area contributed by atoms with Crippen molar-refractivity contribution in [1.29, 1.82) is 0 Å². The molecule has 0 aromatic heterocycles. The molecule has 0 radical (unpaired) electrons. The maximum absolute atomic E-state index is 11.8. The Morgan fingerprint density at radius 1 is 1.06 bits per heavy atom. The van der Waals surface area contributed by atoms with Crippen LogP contribution in [-0.2, 0) is 19.1 Å². The van der Waals surface area contributed by atoms with Gasteiger partial charge in [0.05, 0.1) is 19.1 Å². The van der Waals surface area contributed by atoms with Gasteiger partial charge in [-0.3, -0.25) is 9.59 Å². The van der Waals surface area contributed by atoms with E-state index < -0.39 is 0 Å². The summed E-state index contributed by atoms with van der Waals surface area (Å²) in [7, 11) is 0. The van der Waals surface area contributed by atoms with Crippen molar-refractivity contribution in [2.24, 2.45) is 11.8 Å². The summed E-state index contributed by atoms with van der Waals surface area (Å²) >= 11 is 0. The van der Waals surface area contributed by atoms with Crippen LogP contribution >= 0.6 is 0 Å². The molecule has 0 aromatic carbocycles. The first-order valence-electron chi connectivity index (χ1n) is 6.51. The van der Waals surface area contributed by atoms with Gasteiger partial charge in [-0.15, -0.1) is 0 Å². The highest BCUT2D eigenvalue weighted by Crippen LogP contribution is 2.33. The number of carbonyl (C=O) groups is 2. The van der Waals surface area contributed by atoms with Crippen LogP contribution in [0.25, 0.3) is 0 Å². The zero-order valence-electron chi connectivity index (χ0n) is 10.7. The molecule has 4 heteroatoms. The van der Waals surface area contributed by atoms with Gasteiger partial charge in [0.2, 0.25) is 0 Å². The normalized spacial score (nSPS) is 24.1. The van der Waals surface area contributed by atoms with E-state index in [1.807, 2.05) is 0 Å². The number of rotatable bonds is 5. The summed E-state index contributed by atoms with van der Waals surface area (Å²) in [5.41, 5.74) is 0. The molecule has 0 amide bonds. The monoisotopic (exact) mass is 242 g/mol. The first-order valence-corrected chi connectivity index (χ1v) is 6.51. The summed E-state index contributed by atoms with van der Waals surface area (Å²) in [6.45, 7) is 4.40. The van der Waals surface area contributed by atoms with Crippen molar-refractivity contribution in [2.75, 3.05) is 13.2 Å². The smallest absolute Gasteiger partial charge is 0.309 e. The summed E-state index contributed by atoms with van der Waals surface area (Å²) in [6, 6.07) is 0. The third-order valence-corrected chi connectivity index (χ3v) is 3.23. The SMILES string of the molecule is CCOC(=O)CC1CCCCC1C(=O)OCC. The summed E-state index contributed by atoms with van der Waals surface area (Å²) in [5.74, 6) is -0.370.